The molecule has 1 aliphatic heterocycles. The number of rotatable bonds is 6. The fourth-order valence-electron chi connectivity index (χ4n) is 4.41. The highest BCUT2D eigenvalue weighted by molar-refractivity contribution is 5.86. The summed E-state index contributed by atoms with van der Waals surface area (Å²) in [5, 5.41) is 7.89. The molecule has 0 radical (unpaired) electrons. The van der Waals surface area contributed by atoms with E-state index in [0.29, 0.717) is 17.3 Å². The summed E-state index contributed by atoms with van der Waals surface area (Å²) in [6.07, 6.45) is 5.83. The van der Waals surface area contributed by atoms with Crippen LogP contribution in [-0.4, -0.2) is 51.4 Å². The summed E-state index contributed by atoms with van der Waals surface area (Å²) < 4.78 is 5.38. The number of benzene rings is 1. The summed E-state index contributed by atoms with van der Waals surface area (Å²) in [6, 6.07) is 14.5. The Balaban J connectivity index is 1.45. The summed E-state index contributed by atoms with van der Waals surface area (Å²) in [5.74, 6) is 0. The van der Waals surface area contributed by atoms with Crippen LogP contribution in [0.3, 0.4) is 0 Å². The first-order chi connectivity index (χ1) is 15.2. The van der Waals surface area contributed by atoms with Crippen molar-refractivity contribution in [2.24, 2.45) is 0 Å². The van der Waals surface area contributed by atoms with Gasteiger partial charge in [0, 0.05) is 48.6 Å². The monoisotopic (exact) mass is 415 g/mol. The number of nitrogens with zero attached hydrogens (tertiary/aromatic N) is 3. The number of aromatic nitrogens is 4. The molecule has 4 heterocycles. The third-order valence-electron chi connectivity index (χ3n) is 6.00. The van der Waals surface area contributed by atoms with Gasteiger partial charge in [-0.2, -0.15) is 5.10 Å². The minimum atomic E-state index is -0.218. The van der Waals surface area contributed by atoms with E-state index in [1.54, 1.807) is 19.5 Å². The molecule has 7 nitrogen and oxygen atoms in total. The Morgan fingerprint density at radius 2 is 2.03 bits per heavy atom. The van der Waals surface area contributed by atoms with Crippen LogP contribution in [0.5, 0.6) is 0 Å². The van der Waals surface area contributed by atoms with Crippen molar-refractivity contribution in [3.8, 4) is 22.5 Å². The van der Waals surface area contributed by atoms with Gasteiger partial charge >= 0.3 is 0 Å². The zero-order valence-electron chi connectivity index (χ0n) is 17.5. The quantitative estimate of drug-likeness (QED) is 0.503. The van der Waals surface area contributed by atoms with Crippen molar-refractivity contribution in [3.63, 3.8) is 0 Å². The molecule has 0 aliphatic carbocycles. The topological polar surface area (TPSA) is 86.9 Å². The Hall–Kier alpha value is -3.29. The van der Waals surface area contributed by atoms with E-state index >= 15 is 0 Å². The van der Waals surface area contributed by atoms with Crippen LogP contribution < -0.4 is 5.56 Å². The number of ether oxygens (including phenoxy) is 1. The highest BCUT2D eigenvalue weighted by atomic mass is 16.5. The van der Waals surface area contributed by atoms with Crippen LogP contribution in [0.4, 0.5) is 0 Å². The van der Waals surface area contributed by atoms with Gasteiger partial charge in [-0.15, -0.1) is 0 Å². The van der Waals surface area contributed by atoms with Crippen LogP contribution >= 0.6 is 0 Å². The summed E-state index contributed by atoms with van der Waals surface area (Å²) in [7, 11) is 1.77. The molecule has 1 saturated heterocycles. The number of methoxy groups -OCH3 is 1. The molecule has 1 atom stereocenters. The first kappa shape index (κ1) is 19.7. The minimum absolute atomic E-state index is 0.218. The SMILES string of the molecule is COC[C@@H]1CCCN1Cc1ccc2cc(-c3cc(-c4ccncc4)n[nH]c3=O)[nH]c2c1. The summed E-state index contributed by atoms with van der Waals surface area (Å²) in [6.45, 7) is 2.78. The Morgan fingerprint density at radius 3 is 2.87 bits per heavy atom. The van der Waals surface area contributed by atoms with E-state index in [4.69, 9.17) is 4.74 Å². The van der Waals surface area contributed by atoms with E-state index in [2.05, 4.69) is 43.3 Å². The third kappa shape index (κ3) is 4.02. The van der Waals surface area contributed by atoms with Crippen LogP contribution in [0.2, 0.25) is 0 Å². The first-order valence-corrected chi connectivity index (χ1v) is 10.6. The molecule has 0 saturated carbocycles. The fraction of sp³-hybridized carbons (Fsp3) is 0.292. The molecule has 0 spiro atoms. The fourth-order valence-corrected chi connectivity index (χ4v) is 4.41. The number of pyridine rings is 1. The third-order valence-corrected chi connectivity index (χ3v) is 6.00. The average Bonchev–Trinajstić information content (AvgIpc) is 3.41. The van der Waals surface area contributed by atoms with Crippen molar-refractivity contribution in [3.05, 3.63) is 70.8 Å². The van der Waals surface area contributed by atoms with Gasteiger partial charge in [0.25, 0.3) is 5.56 Å². The molecular weight excluding hydrogens is 390 g/mol. The molecule has 0 amide bonds. The summed E-state index contributed by atoms with van der Waals surface area (Å²) in [5.41, 5.74) is 5.02. The van der Waals surface area contributed by atoms with E-state index in [-0.39, 0.29) is 5.56 Å². The molecule has 3 aromatic heterocycles. The molecule has 5 rings (SSSR count). The molecule has 2 N–H and O–H groups in total. The van der Waals surface area contributed by atoms with E-state index in [1.807, 2.05) is 24.3 Å². The van der Waals surface area contributed by atoms with Crippen LogP contribution in [0, 0.1) is 0 Å². The van der Waals surface area contributed by atoms with Gasteiger partial charge < -0.3 is 9.72 Å². The van der Waals surface area contributed by atoms with Gasteiger partial charge in [-0.25, -0.2) is 5.10 Å². The maximum atomic E-state index is 12.5. The molecule has 7 heteroatoms. The molecule has 1 fully saturated rings. The van der Waals surface area contributed by atoms with Gasteiger partial charge in [-0.1, -0.05) is 12.1 Å². The molecule has 4 aromatic rings. The lowest BCUT2D eigenvalue weighted by Crippen LogP contribution is -2.32. The second-order valence-corrected chi connectivity index (χ2v) is 8.06. The Labute approximate surface area is 180 Å². The number of nitrogens with one attached hydrogen (secondary N) is 2. The van der Waals surface area contributed by atoms with Crippen molar-refractivity contribution in [2.45, 2.75) is 25.4 Å². The molecular formula is C24H25N5O2. The van der Waals surface area contributed by atoms with Gasteiger partial charge in [0.05, 0.1) is 23.6 Å². The lowest BCUT2D eigenvalue weighted by Gasteiger charge is -2.23. The standard InChI is InChI=1S/C24H25N5O2/c1-31-15-19-3-2-10-29(19)14-16-4-5-18-12-23(26-21(18)11-16)20-13-22(27-28-24(20)30)17-6-8-25-9-7-17/h4-9,11-13,19,26H,2-3,10,14-15H2,1H3,(H,28,30)/t19-/m0/s1. The first-order valence-electron chi connectivity index (χ1n) is 10.6. The average molecular weight is 415 g/mol. The Bertz CT molecular complexity index is 1250. The minimum Gasteiger partial charge on any atom is -0.383 e. The van der Waals surface area contributed by atoms with E-state index in [0.717, 1.165) is 41.9 Å². The Morgan fingerprint density at radius 1 is 1.16 bits per heavy atom. The van der Waals surface area contributed by atoms with Crippen LogP contribution in [0.25, 0.3) is 33.4 Å². The predicted molar refractivity (Wildman–Crippen MR) is 121 cm³/mol. The van der Waals surface area contributed by atoms with Crippen LogP contribution in [-0.2, 0) is 11.3 Å². The van der Waals surface area contributed by atoms with Gasteiger partial charge in [0.1, 0.15) is 0 Å². The van der Waals surface area contributed by atoms with Gasteiger partial charge in [-0.05, 0) is 55.3 Å². The predicted octanol–water partition coefficient (Wildman–Crippen LogP) is 3.59. The van der Waals surface area contributed by atoms with E-state index in [9.17, 15) is 4.79 Å². The number of fused-ring (bicyclic) bond motifs is 1. The molecule has 0 bridgehead atoms. The smallest absolute Gasteiger partial charge is 0.273 e. The van der Waals surface area contributed by atoms with Crippen molar-refractivity contribution in [1.29, 1.82) is 0 Å². The molecule has 1 aromatic carbocycles. The number of aromatic amines is 2. The maximum absolute atomic E-state index is 12.5. The van der Waals surface area contributed by atoms with E-state index in [1.165, 1.54) is 18.4 Å². The van der Waals surface area contributed by atoms with Crippen LogP contribution in [0.15, 0.2) is 59.7 Å². The molecule has 1 aliphatic rings. The highest BCUT2D eigenvalue weighted by Crippen LogP contribution is 2.27. The highest BCUT2D eigenvalue weighted by Gasteiger charge is 2.24. The number of H-pyrrole nitrogens is 2. The normalized spacial score (nSPS) is 16.9. The second kappa shape index (κ2) is 8.45. The van der Waals surface area contributed by atoms with Crippen molar-refractivity contribution < 1.29 is 4.74 Å². The lowest BCUT2D eigenvalue weighted by molar-refractivity contribution is 0.112. The largest absolute Gasteiger partial charge is 0.383 e. The molecule has 0 unspecified atom stereocenters. The van der Waals surface area contributed by atoms with Crippen molar-refractivity contribution in [1.82, 2.24) is 25.1 Å². The maximum Gasteiger partial charge on any atom is 0.273 e. The summed E-state index contributed by atoms with van der Waals surface area (Å²) >= 11 is 0. The van der Waals surface area contributed by atoms with Gasteiger partial charge in [0.2, 0.25) is 0 Å². The molecule has 158 valence electrons. The lowest BCUT2D eigenvalue weighted by atomic mass is 10.1. The summed E-state index contributed by atoms with van der Waals surface area (Å²) in [4.78, 5) is 22.5. The number of hydrogen-bond donors (Lipinski definition) is 2. The second-order valence-electron chi connectivity index (χ2n) is 8.06. The zero-order chi connectivity index (χ0) is 21.2. The molecule has 31 heavy (non-hydrogen) atoms. The number of hydrogen-bond acceptors (Lipinski definition) is 5. The van der Waals surface area contributed by atoms with Crippen LogP contribution in [0.1, 0.15) is 18.4 Å². The van der Waals surface area contributed by atoms with Crippen molar-refractivity contribution in [2.75, 3.05) is 20.3 Å². The van der Waals surface area contributed by atoms with Gasteiger partial charge in [-0.3, -0.25) is 14.7 Å². The zero-order valence-corrected chi connectivity index (χ0v) is 17.5. The van der Waals surface area contributed by atoms with Crippen molar-refractivity contribution >= 4 is 10.9 Å². The van der Waals surface area contributed by atoms with Gasteiger partial charge in [0.15, 0.2) is 0 Å². The Kier molecular flexibility index (Phi) is 5.36. The van der Waals surface area contributed by atoms with E-state index < -0.39 is 0 Å². The number of likely N-dealkylation sites (tertiary alicyclic amines) is 1.